The number of ether oxygens (including phenoxy) is 1. The lowest BCUT2D eigenvalue weighted by Gasteiger charge is -2.18. The Morgan fingerprint density at radius 3 is 2.39 bits per heavy atom. The quantitative estimate of drug-likeness (QED) is 0.582. The van der Waals surface area contributed by atoms with Crippen molar-refractivity contribution in [2.45, 2.75) is 26.8 Å². The van der Waals surface area contributed by atoms with Crippen molar-refractivity contribution in [2.24, 2.45) is 0 Å². The van der Waals surface area contributed by atoms with Crippen LogP contribution in [-0.4, -0.2) is 38.6 Å². The lowest BCUT2D eigenvalue weighted by Crippen LogP contribution is -3.14. The predicted octanol–water partition coefficient (Wildman–Crippen LogP) is 1.55. The van der Waals surface area contributed by atoms with Crippen LogP contribution in [0, 0.1) is 6.92 Å². The molecule has 2 amide bonds. The van der Waals surface area contributed by atoms with Gasteiger partial charge in [-0.2, -0.15) is 0 Å². The van der Waals surface area contributed by atoms with Gasteiger partial charge < -0.3 is 20.3 Å². The molecule has 0 saturated heterocycles. The first-order valence-corrected chi connectivity index (χ1v) is 9.61. The van der Waals surface area contributed by atoms with Crippen molar-refractivity contribution in [1.29, 1.82) is 0 Å². The van der Waals surface area contributed by atoms with E-state index in [1.807, 2.05) is 62.4 Å². The van der Waals surface area contributed by atoms with Crippen LogP contribution < -0.4 is 20.3 Å². The summed E-state index contributed by atoms with van der Waals surface area (Å²) in [4.78, 5) is 25.7. The number of quaternary nitrogens is 1. The Kier molecular flexibility index (Phi) is 8.49. The van der Waals surface area contributed by atoms with Crippen molar-refractivity contribution in [3.63, 3.8) is 0 Å². The fourth-order valence-corrected chi connectivity index (χ4v) is 3.06. The molecule has 0 aliphatic carbocycles. The lowest BCUT2D eigenvalue weighted by molar-refractivity contribution is -0.883. The Morgan fingerprint density at radius 2 is 1.68 bits per heavy atom. The highest BCUT2D eigenvalue weighted by molar-refractivity contribution is 5.92. The van der Waals surface area contributed by atoms with Gasteiger partial charge in [-0.1, -0.05) is 43.3 Å². The Labute approximate surface area is 166 Å². The first-order valence-electron chi connectivity index (χ1n) is 9.61. The van der Waals surface area contributed by atoms with E-state index in [1.165, 1.54) is 0 Å². The Balaban J connectivity index is 1.88. The molecule has 0 radical (unpaired) electrons. The summed E-state index contributed by atoms with van der Waals surface area (Å²) in [6.45, 7) is 5.67. The Morgan fingerprint density at radius 1 is 1.00 bits per heavy atom. The molecule has 1 unspecified atom stereocenters. The SMILES string of the molecule is CCC[NH+](CC(=O)NCc1ccccc1OC)CC(=O)Nc1ccccc1C. The molecule has 0 heterocycles. The number of benzene rings is 2. The molecular formula is C22H30N3O3+. The van der Waals surface area contributed by atoms with Crippen LogP contribution in [0.2, 0.25) is 0 Å². The second kappa shape index (κ2) is 11.1. The summed E-state index contributed by atoms with van der Waals surface area (Å²) in [6, 6.07) is 15.3. The van der Waals surface area contributed by atoms with Gasteiger partial charge in [0.25, 0.3) is 11.8 Å². The molecule has 0 fully saturated rings. The summed E-state index contributed by atoms with van der Waals surface area (Å²) >= 11 is 0. The van der Waals surface area contributed by atoms with Gasteiger partial charge in [0.15, 0.2) is 13.1 Å². The predicted molar refractivity (Wildman–Crippen MR) is 111 cm³/mol. The topological polar surface area (TPSA) is 71.9 Å². The summed E-state index contributed by atoms with van der Waals surface area (Å²) < 4.78 is 5.31. The smallest absolute Gasteiger partial charge is 0.279 e. The van der Waals surface area contributed by atoms with Crippen molar-refractivity contribution in [1.82, 2.24) is 5.32 Å². The zero-order chi connectivity index (χ0) is 20.4. The molecule has 2 aromatic carbocycles. The number of amides is 2. The highest BCUT2D eigenvalue weighted by atomic mass is 16.5. The molecule has 0 aliphatic heterocycles. The van der Waals surface area contributed by atoms with Gasteiger partial charge in [-0.15, -0.1) is 0 Å². The van der Waals surface area contributed by atoms with E-state index in [9.17, 15) is 9.59 Å². The number of para-hydroxylation sites is 2. The van der Waals surface area contributed by atoms with Gasteiger partial charge in [-0.05, 0) is 31.0 Å². The van der Waals surface area contributed by atoms with Gasteiger partial charge in [0.05, 0.1) is 13.7 Å². The molecule has 2 rings (SSSR count). The van der Waals surface area contributed by atoms with E-state index in [-0.39, 0.29) is 24.9 Å². The number of hydrogen-bond acceptors (Lipinski definition) is 3. The number of carbonyl (C=O) groups excluding carboxylic acids is 2. The summed E-state index contributed by atoms with van der Waals surface area (Å²) in [5, 5.41) is 5.86. The van der Waals surface area contributed by atoms with E-state index in [0.717, 1.165) is 40.4 Å². The van der Waals surface area contributed by atoms with E-state index in [2.05, 4.69) is 10.6 Å². The van der Waals surface area contributed by atoms with Gasteiger partial charge in [-0.3, -0.25) is 9.59 Å². The normalized spacial score (nSPS) is 11.5. The number of aryl methyl sites for hydroxylation is 1. The van der Waals surface area contributed by atoms with Crippen molar-refractivity contribution >= 4 is 17.5 Å². The van der Waals surface area contributed by atoms with Crippen LogP contribution >= 0.6 is 0 Å². The summed E-state index contributed by atoms with van der Waals surface area (Å²) in [5.74, 6) is 0.575. The number of nitrogens with one attached hydrogen (secondary N) is 3. The van der Waals surface area contributed by atoms with Crippen LogP contribution in [0.5, 0.6) is 5.75 Å². The summed E-state index contributed by atoms with van der Waals surface area (Å²) in [6.07, 6.45) is 0.896. The minimum atomic E-state index is -0.0877. The lowest BCUT2D eigenvalue weighted by atomic mass is 10.2. The monoisotopic (exact) mass is 384 g/mol. The van der Waals surface area contributed by atoms with Crippen LogP contribution in [0.15, 0.2) is 48.5 Å². The molecule has 150 valence electrons. The summed E-state index contributed by atoms with van der Waals surface area (Å²) in [5.41, 5.74) is 2.75. The molecule has 0 aromatic heterocycles. The van der Waals surface area contributed by atoms with Crippen LogP contribution in [0.25, 0.3) is 0 Å². The molecule has 0 saturated carbocycles. The van der Waals surface area contributed by atoms with Crippen LogP contribution in [0.4, 0.5) is 5.69 Å². The zero-order valence-electron chi connectivity index (χ0n) is 16.9. The first-order chi connectivity index (χ1) is 13.5. The Hall–Kier alpha value is -2.86. The minimum Gasteiger partial charge on any atom is -0.496 e. The average Bonchev–Trinajstić information content (AvgIpc) is 2.68. The number of carbonyl (C=O) groups is 2. The standard InChI is InChI=1S/C22H29N3O3/c1-4-13-25(16-22(27)24-19-11-7-5-9-17(19)2)15-21(26)23-14-18-10-6-8-12-20(18)28-3/h5-12H,4,13-16H2,1-3H3,(H,23,26)(H,24,27)/p+1. The first kappa shape index (κ1) is 21.4. The van der Waals surface area contributed by atoms with E-state index in [4.69, 9.17) is 4.74 Å². The zero-order valence-corrected chi connectivity index (χ0v) is 16.9. The highest BCUT2D eigenvalue weighted by Crippen LogP contribution is 2.16. The molecule has 6 nitrogen and oxygen atoms in total. The molecule has 6 heteroatoms. The Bertz CT molecular complexity index is 792. The molecule has 1 atom stereocenters. The largest absolute Gasteiger partial charge is 0.496 e. The molecular weight excluding hydrogens is 354 g/mol. The molecule has 2 aromatic rings. The van der Waals surface area contributed by atoms with Crippen molar-refractivity contribution in [3.8, 4) is 5.75 Å². The van der Waals surface area contributed by atoms with E-state index in [1.54, 1.807) is 7.11 Å². The van der Waals surface area contributed by atoms with E-state index >= 15 is 0 Å². The maximum absolute atomic E-state index is 12.4. The van der Waals surface area contributed by atoms with Gasteiger partial charge in [-0.25, -0.2) is 0 Å². The van der Waals surface area contributed by atoms with Crippen molar-refractivity contribution in [2.75, 3.05) is 32.1 Å². The third kappa shape index (κ3) is 6.70. The number of methoxy groups -OCH3 is 1. The van der Waals surface area contributed by atoms with Gasteiger partial charge in [0.2, 0.25) is 0 Å². The van der Waals surface area contributed by atoms with E-state index in [0.29, 0.717) is 6.54 Å². The molecule has 0 aliphatic rings. The number of anilines is 1. The van der Waals surface area contributed by atoms with Crippen molar-refractivity contribution in [3.05, 3.63) is 59.7 Å². The second-order valence-corrected chi connectivity index (χ2v) is 6.81. The highest BCUT2D eigenvalue weighted by Gasteiger charge is 2.18. The van der Waals surface area contributed by atoms with Crippen molar-refractivity contribution < 1.29 is 19.2 Å². The van der Waals surface area contributed by atoms with Crippen LogP contribution in [0.3, 0.4) is 0 Å². The van der Waals surface area contributed by atoms with Gasteiger partial charge >= 0.3 is 0 Å². The summed E-state index contributed by atoms with van der Waals surface area (Å²) in [7, 11) is 1.61. The molecule has 28 heavy (non-hydrogen) atoms. The minimum absolute atomic E-state index is 0.0851. The number of hydrogen-bond donors (Lipinski definition) is 3. The van der Waals surface area contributed by atoms with Crippen LogP contribution in [0.1, 0.15) is 24.5 Å². The average molecular weight is 385 g/mol. The third-order valence-electron chi connectivity index (χ3n) is 4.51. The fourth-order valence-electron chi connectivity index (χ4n) is 3.06. The second-order valence-electron chi connectivity index (χ2n) is 6.81. The fraction of sp³-hybridized carbons (Fsp3) is 0.364. The maximum atomic E-state index is 12.4. The molecule has 3 N–H and O–H groups in total. The molecule has 0 spiro atoms. The molecule has 0 bridgehead atoms. The van der Waals surface area contributed by atoms with Gasteiger partial charge in [0.1, 0.15) is 5.75 Å². The number of rotatable bonds is 10. The van der Waals surface area contributed by atoms with Gasteiger partial charge in [0, 0.05) is 17.8 Å². The van der Waals surface area contributed by atoms with Crippen LogP contribution in [-0.2, 0) is 16.1 Å². The maximum Gasteiger partial charge on any atom is 0.279 e. The van der Waals surface area contributed by atoms with E-state index < -0.39 is 0 Å². The third-order valence-corrected chi connectivity index (χ3v) is 4.51.